The van der Waals surface area contributed by atoms with Gasteiger partial charge in [0.15, 0.2) is 0 Å². The number of carbonyl (C=O) groups excluding carboxylic acids is 2. The van der Waals surface area contributed by atoms with Gasteiger partial charge >= 0.3 is 0 Å². The smallest absolute Gasteiger partial charge is 0.264 e. The number of para-hydroxylation sites is 1. The number of hydrogen-bond donors (Lipinski definition) is 2. The van der Waals surface area contributed by atoms with Crippen molar-refractivity contribution in [2.75, 3.05) is 36.4 Å². The molecular weight excluding hydrogens is 525 g/mol. The number of ether oxygens (including phenoxy) is 1. The van der Waals surface area contributed by atoms with Gasteiger partial charge in [-0.3, -0.25) is 13.9 Å². The van der Waals surface area contributed by atoms with Crippen LogP contribution in [0.4, 0.5) is 11.4 Å². The molecule has 0 unspecified atom stereocenters. The molecule has 0 saturated carbocycles. The van der Waals surface area contributed by atoms with Gasteiger partial charge in [-0.05, 0) is 48.9 Å². The summed E-state index contributed by atoms with van der Waals surface area (Å²) in [5.41, 5.74) is 0.654. The van der Waals surface area contributed by atoms with Crippen LogP contribution in [0, 0.1) is 0 Å². The maximum atomic E-state index is 13.5. The summed E-state index contributed by atoms with van der Waals surface area (Å²) in [5, 5.41) is 5.80. The molecule has 2 amide bonds. The minimum absolute atomic E-state index is 0.000269. The number of nitrogens with one attached hydrogen (secondary N) is 2. The molecule has 0 aliphatic heterocycles. The zero-order valence-electron chi connectivity index (χ0n) is 19.4. The Labute approximate surface area is 220 Å². The molecule has 0 fully saturated rings. The Morgan fingerprint density at radius 1 is 0.944 bits per heavy atom. The van der Waals surface area contributed by atoms with E-state index in [1.807, 2.05) is 0 Å². The van der Waals surface area contributed by atoms with E-state index in [1.165, 1.54) is 30.3 Å². The lowest BCUT2D eigenvalue weighted by molar-refractivity contribution is -0.114. The lowest BCUT2D eigenvalue weighted by atomic mass is 10.1. The minimum Gasteiger partial charge on any atom is -0.385 e. The van der Waals surface area contributed by atoms with E-state index < -0.39 is 22.5 Å². The largest absolute Gasteiger partial charge is 0.385 e. The minimum atomic E-state index is -4.14. The summed E-state index contributed by atoms with van der Waals surface area (Å²) in [6.07, 6.45) is 0.632. The molecule has 0 heterocycles. The van der Waals surface area contributed by atoms with Gasteiger partial charge in [-0.2, -0.15) is 0 Å². The van der Waals surface area contributed by atoms with Crippen molar-refractivity contribution in [2.24, 2.45) is 0 Å². The van der Waals surface area contributed by atoms with Crippen LogP contribution in [0.2, 0.25) is 10.0 Å². The van der Waals surface area contributed by atoms with Crippen LogP contribution in [-0.4, -0.2) is 47.0 Å². The normalized spacial score (nSPS) is 11.1. The first-order chi connectivity index (χ1) is 17.2. The Morgan fingerprint density at radius 3 is 2.33 bits per heavy atom. The molecule has 11 heteroatoms. The number of rotatable bonds is 11. The van der Waals surface area contributed by atoms with Gasteiger partial charge in [-0.1, -0.05) is 53.5 Å². The predicted molar refractivity (Wildman–Crippen MR) is 141 cm³/mol. The predicted octanol–water partition coefficient (Wildman–Crippen LogP) is 4.59. The highest BCUT2D eigenvalue weighted by Gasteiger charge is 2.28. The standard InChI is InChI=1S/C25H25Cl2N3O5S/c1-35-15-7-14-28-25(32)20-10-5-6-11-23(20)29-24(31)17-30(18-12-13-21(26)22(27)16-18)36(33,34)19-8-3-2-4-9-19/h2-6,8-13,16H,7,14-15,17H2,1H3,(H,28,32)(H,29,31). The maximum Gasteiger partial charge on any atom is 0.264 e. The van der Waals surface area contributed by atoms with E-state index >= 15 is 0 Å². The molecule has 0 atom stereocenters. The molecule has 0 aromatic heterocycles. The molecule has 0 aliphatic carbocycles. The number of benzene rings is 3. The van der Waals surface area contributed by atoms with Gasteiger partial charge in [0.2, 0.25) is 5.91 Å². The highest BCUT2D eigenvalue weighted by atomic mass is 35.5. The van der Waals surface area contributed by atoms with Crippen molar-refractivity contribution in [3.05, 3.63) is 88.4 Å². The van der Waals surface area contributed by atoms with Gasteiger partial charge in [0.05, 0.1) is 31.9 Å². The number of nitrogens with zero attached hydrogens (tertiary/aromatic N) is 1. The summed E-state index contributed by atoms with van der Waals surface area (Å²) in [4.78, 5) is 25.7. The summed E-state index contributed by atoms with van der Waals surface area (Å²) in [5.74, 6) is -1.03. The number of carbonyl (C=O) groups is 2. The lowest BCUT2D eigenvalue weighted by Gasteiger charge is -2.24. The second-order valence-corrected chi connectivity index (χ2v) is 10.3. The zero-order valence-corrected chi connectivity index (χ0v) is 21.7. The maximum absolute atomic E-state index is 13.5. The molecule has 0 radical (unpaired) electrons. The van der Waals surface area contributed by atoms with Crippen LogP contribution in [0.1, 0.15) is 16.8 Å². The molecule has 0 saturated heterocycles. The van der Waals surface area contributed by atoms with Crippen molar-refractivity contribution >= 4 is 56.4 Å². The van der Waals surface area contributed by atoms with Crippen molar-refractivity contribution in [2.45, 2.75) is 11.3 Å². The molecule has 0 spiro atoms. The first kappa shape index (κ1) is 27.5. The van der Waals surface area contributed by atoms with Crippen LogP contribution >= 0.6 is 23.2 Å². The van der Waals surface area contributed by atoms with Gasteiger partial charge in [-0.15, -0.1) is 0 Å². The van der Waals surface area contributed by atoms with Crippen LogP contribution in [0.15, 0.2) is 77.7 Å². The van der Waals surface area contributed by atoms with Crippen LogP contribution in [0.25, 0.3) is 0 Å². The van der Waals surface area contributed by atoms with E-state index in [2.05, 4.69) is 10.6 Å². The van der Waals surface area contributed by atoms with E-state index in [-0.39, 0.29) is 37.8 Å². The molecule has 3 rings (SSSR count). The molecule has 190 valence electrons. The van der Waals surface area contributed by atoms with Crippen molar-refractivity contribution in [1.82, 2.24) is 5.32 Å². The number of hydrogen-bond acceptors (Lipinski definition) is 5. The first-order valence-corrected chi connectivity index (χ1v) is 13.1. The molecule has 0 aliphatic rings. The Hall–Kier alpha value is -3.11. The number of halogens is 2. The second-order valence-electron chi connectivity index (χ2n) is 7.62. The van der Waals surface area contributed by atoms with Crippen LogP contribution in [-0.2, 0) is 19.6 Å². The third-order valence-corrected chi connectivity index (χ3v) is 7.59. The number of anilines is 2. The second kappa shape index (κ2) is 12.7. The van der Waals surface area contributed by atoms with E-state index in [9.17, 15) is 18.0 Å². The molecular formula is C25H25Cl2N3O5S. The molecule has 3 aromatic rings. The zero-order chi connectivity index (χ0) is 26.1. The highest BCUT2D eigenvalue weighted by molar-refractivity contribution is 7.92. The molecule has 8 nitrogen and oxygen atoms in total. The summed E-state index contributed by atoms with van der Waals surface area (Å²) in [7, 11) is -2.56. The van der Waals surface area contributed by atoms with Crippen LogP contribution in [0.3, 0.4) is 0 Å². The quantitative estimate of drug-likeness (QED) is 0.340. The van der Waals surface area contributed by atoms with E-state index in [0.717, 1.165) is 4.31 Å². The number of amides is 2. The number of methoxy groups -OCH3 is 1. The fourth-order valence-electron chi connectivity index (χ4n) is 3.30. The topological polar surface area (TPSA) is 105 Å². The fourth-order valence-corrected chi connectivity index (χ4v) is 5.03. The van der Waals surface area contributed by atoms with Crippen molar-refractivity contribution in [1.29, 1.82) is 0 Å². The fraction of sp³-hybridized carbons (Fsp3) is 0.200. The third kappa shape index (κ3) is 6.98. The monoisotopic (exact) mass is 549 g/mol. The molecule has 0 bridgehead atoms. The highest BCUT2D eigenvalue weighted by Crippen LogP contribution is 2.30. The summed E-state index contributed by atoms with van der Waals surface area (Å²) < 4.78 is 32.8. The van der Waals surface area contributed by atoms with Gasteiger partial charge in [0, 0.05) is 20.3 Å². The van der Waals surface area contributed by atoms with Gasteiger partial charge in [0.1, 0.15) is 6.54 Å². The summed E-state index contributed by atoms with van der Waals surface area (Å²) in [6, 6.07) is 18.5. The van der Waals surface area contributed by atoms with Crippen molar-refractivity contribution in [3.63, 3.8) is 0 Å². The first-order valence-electron chi connectivity index (χ1n) is 10.9. The van der Waals surface area contributed by atoms with Gasteiger partial charge < -0.3 is 15.4 Å². The summed E-state index contributed by atoms with van der Waals surface area (Å²) in [6.45, 7) is 0.327. The summed E-state index contributed by atoms with van der Waals surface area (Å²) >= 11 is 12.1. The molecule has 3 aromatic carbocycles. The van der Waals surface area contributed by atoms with Crippen molar-refractivity contribution in [3.8, 4) is 0 Å². The average Bonchev–Trinajstić information content (AvgIpc) is 2.87. The Morgan fingerprint density at radius 2 is 1.64 bits per heavy atom. The van der Waals surface area contributed by atoms with E-state index in [1.54, 1.807) is 49.6 Å². The van der Waals surface area contributed by atoms with Gasteiger partial charge in [0.25, 0.3) is 15.9 Å². The Bertz CT molecular complexity index is 1320. The van der Waals surface area contributed by atoms with Crippen LogP contribution < -0.4 is 14.9 Å². The van der Waals surface area contributed by atoms with E-state index in [0.29, 0.717) is 19.6 Å². The van der Waals surface area contributed by atoms with E-state index in [4.69, 9.17) is 27.9 Å². The Kier molecular flexibility index (Phi) is 9.72. The SMILES string of the molecule is COCCCNC(=O)c1ccccc1NC(=O)CN(c1ccc(Cl)c(Cl)c1)S(=O)(=O)c1ccccc1. The van der Waals surface area contributed by atoms with Crippen LogP contribution in [0.5, 0.6) is 0 Å². The molecule has 2 N–H and O–H groups in total. The average molecular weight is 550 g/mol. The Balaban J connectivity index is 1.86. The molecule has 36 heavy (non-hydrogen) atoms. The van der Waals surface area contributed by atoms with Gasteiger partial charge in [-0.25, -0.2) is 8.42 Å². The number of sulfonamides is 1. The van der Waals surface area contributed by atoms with Crippen molar-refractivity contribution < 1.29 is 22.7 Å². The lowest BCUT2D eigenvalue weighted by Crippen LogP contribution is -2.38. The third-order valence-electron chi connectivity index (χ3n) is 5.07.